The second-order valence-corrected chi connectivity index (χ2v) is 11.3. The molecule has 1 saturated carbocycles. The van der Waals surface area contributed by atoms with Crippen LogP contribution in [0.2, 0.25) is 0 Å². The quantitative estimate of drug-likeness (QED) is 0.531. The highest BCUT2D eigenvalue weighted by molar-refractivity contribution is 5.80. The first-order valence-corrected chi connectivity index (χ1v) is 13.5. The number of piperidine rings is 1. The van der Waals surface area contributed by atoms with Crippen LogP contribution in [0.3, 0.4) is 0 Å². The molecule has 2 saturated heterocycles. The lowest BCUT2D eigenvalue weighted by atomic mass is 9.70. The number of benzene rings is 1. The normalized spacial score (nSPS) is 23.5. The first-order valence-electron chi connectivity index (χ1n) is 13.5. The van der Waals surface area contributed by atoms with Gasteiger partial charge in [0.05, 0.1) is 30.7 Å². The van der Waals surface area contributed by atoms with Gasteiger partial charge in [0.15, 0.2) is 0 Å². The molecule has 9 heteroatoms. The van der Waals surface area contributed by atoms with Gasteiger partial charge in [-0.05, 0) is 80.6 Å². The fraction of sp³-hybridized carbons (Fsp3) is 0.607. The number of primary amides is 1. The molecule has 0 radical (unpaired) electrons. The number of rotatable bonds is 9. The number of nitrogens with zero attached hydrogens (tertiary/aromatic N) is 4. The number of carbonyl (C=O) groups is 1. The zero-order valence-electron chi connectivity index (χ0n) is 21.6. The van der Waals surface area contributed by atoms with Gasteiger partial charge in [-0.1, -0.05) is 19.4 Å². The molecule has 8 nitrogen and oxygen atoms in total. The third-order valence-electron chi connectivity index (χ3n) is 8.47. The van der Waals surface area contributed by atoms with Gasteiger partial charge >= 0.3 is 0 Å². The maximum atomic E-state index is 15.0. The summed E-state index contributed by atoms with van der Waals surface area (Å²) >= 11 is 0. The summed E-state index contributed by atoms with van der Waals surface area (Å²) in [4.78, 5) is 24.6. The SMILES string of the molecule is CC1(CN2CCC(COc3cnc(-c4ccc(C(O)N5CCC[C@H]5C(N)=O)cc4F)cn3)CC2)CCC1. The molecule has 0 bridgehead atoms. The first-order chi connectivity index (χ1) is 17.8. The fourth-order valence-electron chi connectivity index (χ4n) is 6.00. The van der Waals surface area contributed by atoms with Gasteiger partial charge in [0.25, 0.3) is 0 Å². The first kappa shape index (κ1) is 26.0. The molecule has 37 heavy (non-hydrogen) atoms. The molecule has 3 N–H and O–H groups in total. The summed E-state index contributed by atoms with van der Waals surface area (Å²) in [5.74, 6) is -0.0489. The summed E-state index contributed by atoms with van der Waals surface area (Å²) in [7, 11) is 0. The molecule has 3 aliphatic rings. The molecule has 2 aliphatic heterocycles. The third-order valence-corrected chi connectivity index (χ3v) is 8.47. The number of hydrogen-bond acceptors (Lipinski definition) is 7. The molecular weight excluding hydrogens is 473 g/mol. The summed E-state index contributed by atoms with van der Waals surface area (Å²) in [6.07, 6.45) is 9.64. The lowest BCUT2D eigenvalue weighted by molar-refractivity contribution is -0.126. The summed E-state index contributed by atoms with van der Waals surface area (Å²) in [6, 6.07) is 3.95. The van der Waals surface area contributed by atoms with E-state index in [2.05, 4.69) is 21.8 Å². The molecule has 2 atom stereocenters. The van der Waals surface area contributed by atoms with Crippen LogP contribution >= 0.6 is 0 Å². The summed E-state index contributed by atoms with van der Waals surface area (Å²) in [5.41, 5.74) is 7.03. The Labute approximate surface area is 218 Å². The minimum absolute atomic E-state index is 0.287. The molecule has 5 rings (SSSR count). The molecule has 3 fully saturated rings. The zero-order chi connectivity index (χ0) is 26.0. The van der Waals surface area contributed by atoms with Crippen molar-refractivity contribution in [1.82, 2.24) is 19.8 Å². The van der Waals surface area contributed by atoms with Gasteiger partial charge in [0, 0.05) is 18.7 Å². The van der Waals surface area contributed by atoms with Crippen LogP contribution in [-0.4, -0.2) is 69.6 Å². The number of amides is 1. The number of aliphatic hydroxyl groups excluding tert-OH is 1. The molecule has 1 amide bonds. The average molecular weight is 512 g/mol. The Morgan fingerprint density at radius 1 is 1.19 bits per heavy atom. The summed E-state index contributed by atoms with van der Waals surface area (Å²) in [5, 5.41) is 10.7. The Balaban J connectivity index is 1.13. The Morgan fingerprint density at radius 2 is 1.97 bits per heavy atom. The molecule has 200 valence electrons. The highest BCUT2D eigenvalue weighted by atomic mass is 19.1. The third kappa shape index (κ3) is 5.94. The fourth-order valence-corrected chi connectivity index (χ4v) is 6.00. The molecule has 0 spiro atoms. The van der Waals surface area contributed by atoms with E-state index >= 15 is 0 Å². The zero-order valence-corrected chi connectivity index (χ0v) is 21.6. The van der Waals surface area contributed by atoms with Gasteiger partial charge in [-0.25, -0.2) is 14.4 Å². The second kappa shape index (κ2) is 11.0. The van der Waals surface area contributed by atoms with Crippen LogP contribution in [-0.2, 0) is 4.79 Å². The van der Waals surface area contributed by atoms with Gasteiger partial charge in [-0.3, -0.25) is 9.69 Å². The van der Waals surface area contributed by atoms with Crippen molar-refractivity contribution in [2.24, 2.45) is 17.1 Å². The van der Waals surface area contributed by atoms with E-state index in [1.807, 2.05) is 0 Å². The van der Waals surface area contributed by atoms with E-state index in [9.17, 15) is 14.3 Å². The number of ether oxygens (including phenoxy) is 1. The van der Waals surface area contributed by atoms with Crippen molar-refractivity contribution in [1.29, 1.82) is 0 Å². The summed E-state index contributed by atoms with van der Waals surface area (Å²) in [6.45, 7) is 7.02. The molecular formula is C28H38FN5O3. The van der Waals surface area contributed by atoms with E-state index in [0.717, 1.165) is 32.4 Å². The van der Waals surface area contributed by atoms with Crippen LogP contribution in [0.5, 0.6) is 5.88 Å². The van der Waals surface area contributed by atoms with Crippen LogP contribution in [0.1, 0.15) is 63.7 Å². The number of aliphatic hydroxyl groups is 1. The van der Waals surface area contributed by atoms with Crippen molar-refractivity contribution >= 4 is 5.91 Å². The predicted molar refractivity (Wildman–Crippen MR) is 138 cm³/mol. The molecule has 2 aromatic rings. The Kier molecular flexibility index (Phi) is 7.74. The van der Waals surface area contributed by atoms with E-state index in [0.29, 0.717) is 48.0 Å². The number of nitrogens with two attached hydrogens (primary N) is 1. The average Bonchev–Trinajstić information content (AvgIpc) is 3.38. The Hall–Kier alpha value is -2.62. The van der Waals surface area contributed by atoms with Gasteiger partial charge in [0.2, 0.25) is 11.8 Å². The van der Waals surface area contributed by atoms with Crippen molar-refractivity contribution in [3.05, 3.63) is 42.0 Å². The van der Waals surface area contributed by atoms with Gasteiger partial charge < -0.3 is 20.5 Å². The van der Waals surface area contributed by atoms with Gasteiger partial charge in [-0.2, -0.15) is 0 Å². The minimum Gasteiger partial charge on any atom is -0.476 e. The van der Waals surface area contributed by atoms with E-state index in [1.165, 1.54) is 44.3 Å². The maximum Gasteiger partial charge on any atom is 0.234 e. The monoisotopic (exact) mass is 511 g/mol. The lowest BCUT2D eigenvalue weighted by Gasteiger charge is -2.44. The van der Waals surface area contributed by atoms with E-state index in [-0.39, 0.29) is 5.56 Å². The molecule has 1 aromatic carbocycles. The van der Waals surface area contributed by atoms with Crippen molar-refractivity contribution in [3.63, 3.8) is 0 Å². The molecule has 3 heterocycles. The van der Waals surface area contributed by atoms with Crippen molar-refractivity contribution in [3.8, 4) is 17.1 Å². The highest BCUT2D eigenvalue weighted by Crippen LogP contribution is 2.41. The van der Waals surface area contributed by atoms with E-state index in [1.54, 1.807) is 17.0 Å². The Morgan fingerprint density at radius 3 is 2.59 bits per heavy atom. The van der Waals surface area contributed by atoms with Gasteiger partial charge in [0.1, 0.15) is 12.0 Å². The standard InChI is InChI=1S/C28H38FN5O3/c1-28(9-3-10-28)18-33-12-7-19(8-13-33)17-37-25-16-31-23(15-32-25)21-6-5-20(14-22(21)29)27(36)34-11-2-4-24(34)26(30)35/h5-6,14-16,19,24,27,36H,2-4,7-13,17-18H2,1H3,(H2,30,35)/t24-,27?/m0/s1. The van der Waals surface area contributed by atoms with E-state index < -0.39 is 24.0 Å². The van der Waals surface area contributed by atoms with Crippen LogP contribution in [0, 0.1) is 17.2 Å². The van der Waals surface area contributed by atoms with Crippen molar-refractivity contribution in [2.45, 2.75) is 64.1 Å². The van der Waals surface area contributed by atoms with Crippen LogP contribution in [0.25, 0.3) is 11.3 Å². The lowest BCUT2D eigenvalue weighted by Crippen LogP contribution is -2.44. The number of carbonyl (C=O) groups excluding carboxylic acids is 1. The van der Waals surface area contributed by atoms with Crippen molar-refractivity contribution in [2.75, 3.05) is 32.8 Å². The topological polar surface area (TPSA) is 105 Å². The predicted octanol–water partition coefficient (Wildman–Crippen LogP) is 3.50. The number of likely N-dealkylation sites (tertiary alicyclic amines) is 2. The molecule has 1 aromatic heterocycles. The van der Waals surface area contributed by atoms with E-state index in [4.69, 9.17) is 10.5 Å². The Bertz CT molecular complexity index is 1090. The number of halogens is 1. The van der Waals surface area contributed by atoms with Crippen LogP contribution in [0.15, 0.2) is 30.6 Å². The minimum atomic E-state index is -1.10. The van der Waals surface area contributed by atoms with Crippen LogP contribution < -0.4 is 10.5 Å². The van der Waals surface area contributed by atoms with Gasteiger partial charge in [-0.15, -0.1) is 0 Å². The summed E-state index contributed by atoms with van der Waals surface area (Å²) < 4.78 is 20.9. The second-order valence-electron chi connectivity index (χ2n) is 11.3. The largest absolute Gasteiger partial charge is 0.476 e. The highest BCUT2D eigenvalue weighted by Gasteiger charge is 2.35. The maximum absolute atomic E-state index is 15.0. The molecule has 1 unspecified atom stereocenters. The smallest absolute Gasteiger partial charge is 0.234 e. The van der Waals surface area contributed by atoms with Crippen molar-refractivity contribution < 1.29 is 19.0 Å². The number of hydrogen-bond donors (Lipinski definition) is 2. The van der Waals surface area contributed by atoms with Crippen LogP contribution in [0.4, 0.5) is 4.39 Å². The number of aromatic nitrogens is 2. The molecule has 1 aliphatic carbocycles.